The van der Waals surface area contributed by atoms with Gasteiger partial charge in [-0.05, 0) is 36.8 Å². The molecule has 2 rings (SSSR count). The van der Waals surface area contributed by atoms with Crippen LogP contribution in [-0.2, 0) is 13.0 Å². The molecular weight excluding hydrogens is 184 g/mol. The molecule has 0 amide bonds. The van der Waals surface area contributed by atoms with Gasteiger partial charge < -0.3 is 10.3 Å². The Labute approximate surface area is 92.5 Å². The van der Waals surface area contributed by atoms with Crippen molar-refractivity contribution in [3.8, 4) is 0 Å². The minimum absolute atomic E-state index is 0.284. The summed E-state index contributed by atoms with van der Waals surface area (Å²) in [7, 11) is 0. The highest BCUT2D eigenvalue weighted by Gasteiger charge is 2.20. The highest BCUT2D eigenvalue weighted by molar-refractivity contribution is 5.28. The summed E-state index contributed by atoms with van der Waals surface area (Å²) in [6, 6.07) is 2.51. The lowest BCUT2D eigenvalue weighted by Crippen LogP contribution is -2.19. The van der Waals surface area contributed by atoms with E-state index in [0.29, 0.717) is 0 Å². The van der Waals surface area contributed by atoms with Crippen molar-refractivity contribution in [1.82, 2.24) is 4.57 Å². The molecule has 0 fully saturated rings. The Hall–Kier alpha value is -0.760. The molecule has 2 N–H and O–H groups in total. The minimum Gasteiger partial charge on any atom is -0.351 e. The lowest BCUT2D eigenvalue weighted by atomic mass is 9.93. The van der Waals surface area contributed by atoms with Crippen LogP contribution in [0.1, 0.15) is 50.4 Å². The normalized spacial score (nSPS) is 22.5. The third kappa shape index (κ3) is 2.10. The number of nitrogens with zero attached hydrogens (tertiary/aromatic N) is 1. The zero-order valence-corrected chi connectivity index (χ0v) is 9.87. The standard InChI is InChI=1S/C13H22N2/c1-3-10(2)9-15-8-7-11-12(14)5-4-6-13(11)15/h7-8,10,12H,3-6,9,14H2,1-2H3. The Bertz CT molecular complexity index is 327. The molecule has 1 aliphatic rings. The molecule has 0 radical (unpaired) electrons. The number of hydrogen-bond acceptors (Lipinski definition) is 1. The summed E-state index contributed by atoms with van der Waals surface area (Å²) in [6.45, 7) is 5.72. The number of hydrogen-bond donors (Lipinski definition) is 1. The molecule has 2 nitrogen and oxygen atoms in total. The summed E-state index contributed by atoms with van der Waals surface area (Å²) in [4.78, 5) is 0. The van der Waals surface area contributed by atoms with Gasteiger partial charge in [0, 0.05) is 24.5 Å². The van der Waals surface area contributed by atoms with Crippen molar-refractivity contribution in [1.29, 1.82) is 0 Å². The smallest absolute Gasteiger partial charge is 0.0312 e. The van der Waals surface area contributed by atoms with Gasteiger partial charge in [0.2, 0.25) is 0 Å². The third-order valence-electron chi connectivity index (χ3n) is 3.65. The molecule has 1 heterocycles. The number of aromatic nitrogens is 1. The van der Waals surface area contributed by atoms with Crippen molar-refractivity contribution < 1.29 is 0 Å². The van der Waals surface area contributed by atoms with E-state index >= 15 is 0 Å². The van der Waals surface area contributed by atoms with Crippen molar-refractivity contribution in [2.24, 2.45) is 11.7 Å². The van der Waals surface area contributed by atoms with Crippen molar-refractivity contribution in [2.75, 3.05) is 0 Å². The molecule has 15 heavy (non-hydrogen) atoms. The van der Waals surface area contributed by atoms with Crippen molar-refractivity contribution in [3.05, 3.63) is 23.5 Å². The van der Waals surface area contributed by atoms with Gasteiger partial charge in [-0.1, -0.05) is 20.3 Å². The van der Waals surface area contributed by atoms with Crippen LogP contribution in [0.3, 0.4) is 0 Å². The van der Waals surface area contributed by atoms with Crippen molar-refractivity contribution in [3.63, 3.8) is 0 Å². The van der Waals surface area contributed by atoms with Crippen LogP contribution in [0.4, 0.5) is 0 Å². The highest BCUT2D eigenvalue weighted by atomic mass is 15.0. The summed E-state index contributed by atoms with van der Waals surface area (Å²) in [5.74, 6) is 0.764. The maximum Gasteiger partial charge on any atom is 0.0312 e. The Kier molecular flexibility index (Phi) is 3.15. The fourth-order valence-corrected chi connectivity index (χ4v) is 2.43. The molecule has 1 aromatic heterocycles. The van der Waals surface area contributed by atoms with Crippen molar-refractivity contribution in [2.45, 2.75) is 52.1 Å². The summed E-state index contributed by atoms with van der Waals surface area (Å²) in [5.41, 5.74) is 9.00. The minimum atomic E-state index is 0.284. The number of nitrogens with two attached hydrogens (primary N) is 1. The first kappa shape index (κ1) is 10.7. The van der Waals surface area contributed by atoms with E-state index < -0.39 is 0 Å². The first-order chi connectivity index (χ1) is 7.22. The van der Waals surface area contributed by atoms with E-state index in [1.165, 1.54) is 30.5 Å². The Morgan fingerprint density at radius 2 is 2.40 bits per heavy atom. The summed E-state index contributed by atoms with van der Waals surface area (Å²) in [5, 5.41) is 0. The summed E-state index contributed by atoms with van der Waals surface area (Å²) >= 11 is 0. The second-order valence-electron chi connectivity index (χ2n) is 4.88. The Balaban J connectivity index is 2.19. The van der Waals surface area contributed by atoms with E-state index in [0.717, 1.165) is 18.9 Å². The zero-order chi connectivity index (χ0) is 10.8. The molecule has 0 bridgehead atoms. The largest absolute Gasteiger partial charge is 0.351 e. The first-order valence-electron chi connectivity index (χ1n) is 6.15. The van der Waals surface area contributed by atoms with Crippen LogP contribution in [0.15, 0.2) is 12.3 Å². The lowest BCUT2D eigenvalue weighted by molar-refractivity contribution is 0.448. The molecule has 2 atom stereocenters. The fourth-order valence-electron chi connectivity index (χ4n) is 2.43. The van der Waals surface area contributed by atoms with Gasteiger partial charge in [0.05, 0.1) is 0 Å². The second kappa shape index (κ2) is 4.40. The molecule has 0 aromatic carbocycles. The quantitative estimate of drug-likeness (QED) is 0.810. The topological polar surface area (TPSA) is 30.9 Å². The molecule has 84 valence electrons. The van der Waals surface area contributed by atoms with Crippen LogP contribution < -0.4 is 5.73 Å². The van der Waals surface area contributed by atoms with E-state index in [1.54, 1.807) is 0 Å². The van der Waals surface area contributed by atoms with Crippen LogP contribution in [0.5, 0.6) is 0 Å². The SMILES string of the molecule is CCC(C)Cn1ccc2c1CCCC2N. The van der Waals surface area contributed by atoms with Crippen LogP contribution in [0, 0.1) is 5.92 Å². The molecule has 0 saturated carbocycles. The van der Waals surface area contributed by atoms with Gasteiger partial charge in [-0.25, -0.2) is 0 Å². The van der Waals surface area contributed by atoms with Gasteiger partial charge in [0.25, 0.3) is 0 Å². The van der Waals surface area contributed by atoms with Gasteiger partial charge >= 0.3 is 0 Å². The van der Waals surface area contributed by atoms with Gasteiger partial charge in [-0.3, -0.25) is 0 Å². The molecular formula is C13H22N2. The molecule has 0 spiro atoms. The number of fused-ring (bicyclic) bond motifs is 1. The van der Waals surface area contributed by atoms with E-state index in [2.05, 4.69) is 30.7 Å². The average Bonchev–Trinajstić information content (AvgIpc) is 2.63. The highest BCUT2D eigenvalue weighted by Crippen LogP contribution is 2.29. The van der Waals surface area contributed by atoms with E-state index in [1.807, 2.05) is 0 Å². The predicted octanol–water partition coefficient (Wildman–Crippen LogP) is 2.87. The third-order valence-corrected chi connectivity index (χ3v) is 3.65. The maximum absolute atomic E-state index is 6.11. The summed E-state index contributed by atoms with van der Waals surface area (Å²) < 4.78 is 2.42. The molecule has 0 saturated heterocycles. The van der Waals surface area contributed by atoms with Gasteiger partial charge in [0.15, 0.2) is 0 Å². The van der Waals surface area contributed by atoms with Gasteiger partial charge in [0.1, 0.15) is 0 Å². The molecule has 0 aliphatic heterocycles. The predicted molar refractivity (Wildman–Crippen MR) is 63.8 cm³/mol. The Morgan fingerprint density at radius 3 is 3.13 bits per heavy atom. The molecule has 1 aromatic rings. The zero-order valence-electron chi connectivity index (χ0n) is 9.87. The summed E-state index contributed by atoms with van der Waals surface area (Å²) in [6.07, 6.45) is 7.09. The van der Waals surface area contributed by atoms with Crippen LogP contribution in [0.2, 0.25) is 0 Å². The maximum atomic E-state index is 6.11. The molecule has 1 aliphatic carbocycles. The van der Waals surface area contributed by atoms with E-state index in [9.17, 15) is 0 Å². The average molecular weight is 206 g/mol. The van der Waals surface area contributed by atoms with Crippen LogP contribution in [-0.4, -0.2) is 4.57 Å². The van der Waals surface area contributed by atoms with E-state index in [4.69, 9.17) is 5.73 Å². The first-order valence-corrected chi connectivity index (χ1v) is 6.15. The number of rotatable bonds is 3. The lowest BCUT2D eigenvalue weighted by Gasteiger charge is -2.22. The van der Waals surface area contributed by atoms with Crippen LogP contribution in [0.25, 0.3) is 0 Å². The van der Waals surface area contributed by atoms with Crippen LogP contribution >= 0.6 is 0 Å². The van der Waals surface area contributed by atoms with Gasteiger partial charge in [-0.15, -0.1) is 0 Å². The molecule has 2 heteroatoms. The Morgan fingerprint density at radius 1 is 1.60 bits per heavy atom. The van der Waals surface area contributed by atoms with Gasteiger partial charge in [-0.2, -0.15) is 0 Å². The van der Waals surface area contributed by atoms with Crippen molar-refractivity contribution >= 4 is 0 Å². The molecule has 2 unspecified atom stereocenters. The fraction of sp³-hybridized carbons (Fsp3) is 0.692. The second-order valence-corrected chi connectivity index (χ2v) is 4.88. The van der Waals surface area contributed by atoms with E-state index in [-0.39, 0.29) is 6.04 Å². The monoisotopic (exact) mass is 206 g/mol.